The molecule has 5 atom stereocenters. The molecule has 1 aromatic carbocycles. The van der Waals surface area contributed by atoms with E-state index in [4.69, 9.17) is 9.84 Å². The van der Waals surface area contributed by atoms with Gasteiger partial charge in [-0.25, -0.2) is 0 Å². The first-order valence-electron chi connectivity index (χ1n) is 7.75. The van der Waals surface area contributed by atoms with Gasteiger partial charge in [0.1, 0.15) is 24.4 Å². The van der Waals surface area contributed by atoms with Crippen molar-refractivity contribution in [3.63, 3.8) is 0 Å². The summed E-state index contributed by atoms with van der Waals surface area (Å²) in [4.78, 5) is 13.2. The molecule has 1 aliphatic heterocycles. The number of hydrogen-bond donors (Lipinski definition) is 4. The van der Waals surface area contributed by atoms with E-state index in [1.165, 1.54) is 11.8 Å². The molecule has 1 fully saturated rings. The zero-order chi connectivity index (χ0) is 17.7. The van der Waals surface area contributed by atoms with E-state index < -0.39 is 37.3 Å². The Morgan fingerprint density at radius 1 is 1.33 bits per heavy atom. The molecule has 0 radical (unpaired) electrons. The molecule has 0 aliphatic carbocycles. The van der Waals surface area contributed by atoms with Crippen LogP contribution in [0, 0.1) is 0 Å². The highest BCUT2D eigenvalue weighted by Gasteiger charge is 2.41. The van der Waals surface area contributed by atoms with Crippen molar-refractivity contribution in [2.75, 3.05) is 13.2 Å². The number of rotatable bonds is 6. The molecule has 7 heteroatoms. The van der Waals surface area contributed by atoms with Crippen LogP contribution in [0.1, 0.15) is 12.5 Å². The molecule has 0 unspecified atom stereocenters. The molecule has 1 aromatic rings. The van der Waals surface area contributed by atoms with E-state index in [0.717, 1.165) is 5.56 Å². The van der Waals surface area contributed by atoms with Gasteiger partial charge in [0.05, 0.1) is 13.2 Å². The molecule has 2 rings (SSSR count). The second kappa shape index (κ2) is 8.36. The molecule has 132 valence electrons. The maximum atomic E-state index is 11.8. The van der Waals surface area contributed by atoms with E-state index in [-0.39, 0.29) is 12.5 Å². The number of amides is 1. The molecular weight excluding hydrogens is 314 g/mol. The molecule has 0 spiro atoms. The fourth-order valence-electron chi connectivity index (χ4n) is 2.55. The SMILES string of the molecule is CC(=O)N1C[C@@H]([C@@H](O)[C@H](O)[C@H](O)CO)O[C@@H]1/C=C/c1ccccc1. The summed E-state index contributed by atoms with van der Waals surface area (Å²) in [5.74, 6) is -0.232. The zero-order valence-electron chi connectivity index (χ0n) is 13.4. The van der Waals surface area contributed by atoms with Gasteiger partial charge in [0, 0.05) is 6.92 Å². The monoisotopic (exact) mass is 337 g/mol. The highest BCUT2D eigenvalue weighted by molar-refractivity contribution is 5.74. The van der Waals surface area contributed by atoms with Crippen LogP contribution < -0.4 is 0 Å². The Labute approximate surface area is 140 Å². The lowest BCUT2D eigenvalue weighted by molar-refractivity contribution is -0.134. The summed E-state index contributed by atoms with van der Waals surface area (Å²) >= 11 is 0. The first kappa shape index (κ1) is 18.6. The van der Waals surface area contributed by atoms with E-state index >= 15 is 0 Å². The van der Waals surface area contributed by atoms with Gasteiger partial charge in [-0.15, -0.1) is 0 Å². The summed E-state index contributed by atoms with van der Waals surface area (Å²) < 4.78 is 5.65. The number of ether oxygens (including phenoxy) is 1. The third-order valence-electron chi connectivity index (χ3n) is 3.97. The predicted molar refractivity (Wildman–Crippen MR) is 86.6 cm³/mol. The maximum Gasteiger partial charge on any atom is 0.221 e. The Morgan fingerprint density at radius 2 is 2.00 bits per heavy atom. The average Bonchev–Trinajstić information content (AvgIpc) is 3.03. The first-order chi connectivity index (χ1) is 11.4. The molecule has 0 aromatic heterocycles. The smallest absolute Gasteiger partial charge is 0.221 e. The summed E-state index contributed by atoms with van der Waals surface area (Å²) in [5, 5.41) is 38.2. The van der Waals surface area contributed by atoms with Gasteiger partial charge in [-0.1, -0.05) is 36.4 Å². The van der Waals surface area contributed by atoms with Gasteiger partial charge in [-0.2, -0.15) is 0 Å². The number of nitrogens with zero attached hydrogens (tertiary/aromatic N) is 1. The Bertz CT molecular complexity index is 563. The number of carbonyl (C=O) groups is 1. The lowest BCUT2D eigenvalue weighted by Crippen LogP contribution is -2.47. The van der Waals surface area contributed by atoms with Crippen molar-refractivity contribution in [1.29, 1.82) is 0 Å². The van der Waals surface area contributed by atoms with E-state index in [9.17, 15) is 20.1 Å². The maximum absolute atomic E-state index is 11.8. The van der Waals surface area contributed by atoms with Gasteiger partial charge in [0.2, 0.25) is 5.91 Å². The highest BCUT2D eigenvalue weighted by atomic mass is 16.5. The molecular formula is C17H23NO6. The fraction of sp³-hybridized carbons (Fsp3) is 0.471. The van der Waals surface area contributed by atoms with Crippen LogP contribution in [0.5, 0.6) is 0 Å². The molecule has 0 bridgehead atoms. The summed E-state index contributed by atoms with van der Waals surface area (Å²) in [7, 11) is 0. The Hall–Kier alpha value is -1.77. The van der Waals surface area contributed by atoms with Crippen LogP contribution in [0.4, 0.5) is 0 Å². The summed E-state index contributed by atoms with van der Waals surface area (Å²) in [6, 6.07) is 9.47. The molecule has 1 saturated heterocycles. The minimum Gasteiger partial charge on any atom is -0.394 e. The van der Waals surface area contributed by atoms with Gasteiger partial charge in [-0.05, 0) is 11.6 Å². The van der Waals surface area contributed by atoms with Crippen molar-refractivity contribution in [2.45, 2.75) is 37.6 Å². The van der Waals surface area contributed by atoms with Gasteiger partial charge in [0.25, 0.3) is 0 Å². The molecule has 4 N–H and O–H groups in total. The van der Waals surface area contributed by atoms with Crippen molar-refractivity contribution in [2.24, 2.45) is 0 Å². The van der Waals surface area contributed by atoms with E-state index in [0.29, 0.717) is 0 Å². The van der Waals surface area contributed by atoms with E-state index in [2.05, 4.69) is 0 Å². The standard InChI is InChI=1S/C17H23NO6/c1-11(20)18-9-14(17(23)16(22)13(21)10-19)24-15(18)8-7-12-5-3-2-4-6-12/h2-8,13-17,19,21-23H,9-10H2,1H3/b8-7+/t13-,14+,15-,16-,17-/m1/s1. The third-order valence-corrected chi connectivity index (χ3v) is 3.97. The van der Waals surface area contributed by atoms with Crippen LogP contribution in [-0.2, 0) is 9.53 Å². The van der Waals surface area contributed by atoms with Gasteiger partial charge >= 0.3 is 0 Å². The normalized spacial score (nSPS) is 25.0. The number of aliphatic hydroxyl groups is 4. The number of benzene rings is 1. The molecule has 1 amide bonds. The van der Waals surface area contributed by atoms with E-state index in [1.54, 1.807) is 12.2 Å². The third kappa shape index (κ3) is 4.40. The lowest BCUT2D eigenvalue weighted by atomic mass is 10.0. The number of hydrogen-bond acceptors (Lipinski definition) is 6. The Balaban J connectivity index is 2.08. The van der Waals surface area contributed by atoms with Crippen molar-refractivity contribution >= 4 is 12.0 Å². The fourth-order valence-corrected chi connectivity index (χ4v) is 2.55. The van der Waals surface area contributed by atoms with Crippen LogP contribution in [0.2, 0.25) is 0 Å². The van der Waals surface area contributed by atoms with Crippen LogP contribution in [0.3, 0.4) is 0 Å². The Morgan fingerprint density at radius 3 is 2.58 bits per heavy atom. The Kier molecular flexibility index (Phi) is 6.47. The lowest BCUT2D eigenvalue weighted by Gasteiger charge is -2.25. The topological polar surface area (TPSA) is 110 Å². The number of carbonyl (C=O) groups excluding carboxylic acids is 1. The van der Waals surface area contributed by atoms with Gasteiger partial charge < -0.3 is 30.1 Å². The van der Waals surface area contributed by atoms with Crippen molar-refractivity contribution in [1.82, 2.24) is 4.90 Å². The van der Waals surface area contributed by atoms with Gasteiger partial charge in [0.15, 0.2) is 6.23 Å². The molecule has 1 heterocycles. The summed E-state index contributed by atoms with van der Waals surface area (Å²) in [5.41, 5.74) is 0.935. The zero-order valence-corrected chi connectivity index (χ0v) is 13.4. The van der Waals surface area contributed by atoms with Crippen LogP contribution >= 0.6 is 0 Å². The number of aliphatic hydroxyl groups excluding tert-OH is 4. The molecule has 7 nitrogen and oxygen atoms in total. The average molecular weight is 337 g/mol. The van der Waals surface area contributed by atoms with Crippen LogP contribution in [-0.4, -0.2) is 75.0 Å². The summed E-state index contributed by atoms with van der Waals surface area (Å²) in [6.07, 6.45) is -2.52. The van der Waals surface area contributed by atoms with Crippen LogP contribution in [0.25, 0.3) is 6.08 Å². The van der Waals surface area contributed by atoms with Crippen molar-refractivity contribution in [3.8, 4) is 0 Å². The minimum atomic E-state index is -1.56. The second-order valence-electron chi connectivity index (χ2n) is 5.74. The van der Waals surface area contributed by atoms with Gasteiger partial charge in [-0.3, -0.25) is 4.79 Å². The largest absolute Gasteiger partial charge is 0.394 e. The molecule has 1 aliphatic rings. The van der Waals surface area contributed by atoms with E-state index in [1.807, 2.05) is 30.3 Å². The predicted octanol–water partition coefficient (Wildman–Crippen LogP) is -0.652. The van der Waals surface area contributed by atoms with Crippen LogP contribution in [0.15, 0.2) is 36.4 Å². The summed E-state index contributed by atoms with van der Waals surface area (Å²) in [6.45, 7) is 0.786. The first-order valence-corrected chi connectivity index (χ1v) is 7.75. The van der Waals surface area contributed by atoms with Crippen molar-refractivity contribution < 1.29 is 30.0 Å². The highest BCUT2D eigenvalue weighted by Crippen LogP contribution is 2.23. The molecule has 0 saturated carbocycles. The molecule has 24 heavy (non-hydrogen) atoms. The quantitative estimate of drug-likeness (QED) is 0.549. The second-order valence-corrected chi connectivity index (χ2v) is 5.74. The minimum absolute atomic E-state index is 0.0789. The van der Waals surface area contributed by atoms with Crippen molar-refractivity contribution in [3.05, 3.63) is 42.0 Å².